The molecule has 152 valence electrons. The summed E-state index contributed by atoms with van der Waals surface area (Å²) in [6, 6.07) is 8.80. The highest BCUT2D eigenvalue weighted by atomic mass is 35.5. The van der Waals surface area contributed by atoms with Crippen LogP contribution in [0.3, 0.4) is 0 Å². The minimum atomic E-state index is -0.177. The Morgan fingerprint density at radius 3 is 2.66 bits per heavy atom. The van der Waals surface area contributed by atoms with Gasteiger partial charge in [0.15, 0.2) is 0 Å². The van der Waals surface area contributed by atoms with Gasteiger partial charge in [0, 0.05) is 25.7 Å². The van der Waals surface area contributed by atoms with Crippen molar-refractivity contribution in [2.75, 3.05) is 13.2 Å². The zero-order valence-electron chi connectivity index (χ0n) is 16.8. The molecule has 0 fully saturated rings. The number of amides is 1. The van der Waals surface area contributed by atoms with Crippen LogP contribution < -0.4 is 4.74 Å². The fourth-order valence-electron chi connectivity index (χ4n) is 2.98. The molecular weight excluding hydrogens is 392 g/mol. The molecule has 1 atom stereocenters. The van der Waals surface area contributed by atoms with Crippen molar-refractivity contribution in [1.82, 2.24) is 20.1 Å². The normalized spacial score (nSPS) is 11.9. The van der Waals surface area contributed by atoms with Gasteiger partial charge in [-0.25, -0.2) is 4.98 Å². The molecule has 3 rings (SSSR count). The summed E-state index contributed by atoms with van der Waals surface area (Å²) in [6.07, 6.45) is 1.52. The van der Waals surface area contributed by atoms with Crippen molar-refractivity contribution in [2.45, 2.75) is 33.7 Å². The summed E-state index contributed by atoms with van der Waals surface area (Å²) >= 11 is 5.85. The Balaban J connectivity index is 1.81. The summed E-state index contributed by atoms with van der Waals surface area (Å²) in [5.41, 5.74) is 2.14. The van der Waals surface area contributed by atoms with Gasteiger partial charge in [-0.1, -0.05) is 23.2 Å². The van der Waals surface area contributed by atoms with Crippen LogP contribution in [0.25, 0.3) is 11.5 Å². The topological polar surface area (TPSA) is 81.4 Å². The van der Waals surface area contributed by atoms with Crippen LogP contribution in [0.2, 0.25) is 5.02 Å². The number of ether oxygens (including phenoxy) is 1. The SMILES string of the molecule is CCN(C(=O)c1ccc(C)cc1-c1nnc(C)o1)[C@@H](C)COc1ccc(Cl)cn1. The number of likely N-dealkylation sites (N-methyl/N-ethyl adjacent to an activating group) is 1. The number of hydrogen-bond donors (Lipinski definition) is 0. The van der Waals surface area contributed by atoms with E-state index in [2.05, 4.69) is 15.2 Å². The maximum atomic E-state index is 13.3. The van der Waals surface area contributed by atoms with Crippen molar-refractivity contribution in [2.24, 2.45) is 0 Å². The van der Waals surface area contributed by atoms with Crippen molar-refractivity contribution in [1.29, 1.82) is 0 Å². The summed E-state index contributed by atoms with van der Waals surface area (Å²) in [7, 11) is 0. The minimum Gasteiger partial charge on any atom is -0.475 e. The summed E-state index contributed by atoms with van der Waals surface area (Å²) < 4.78 is 11.3. The maximum absolute atomic E-state index is 13.3. The van der Waals surface area contributed by atoms with Crippen LogP contribution in [-0.2, 0) is 0 Å². The van der Waals surface area contributed by atoms with Crippen molar-refractivity contribution >= 4 is 17.5 Å². The third-order valence-electron chi connectivity index (χ3n) is 4.47. The Bertz CT molecular complexity index is 988. The molecule has 0 saturated carbocycles. The molecule has 29 heavy (non-hydrogen) atoms. The smallest absolute Gasteiger partial charge is 0.255 e. The van der Waals surface area contributed by atoms with E-state index in [4.69, 9.17) is 20.8 Å². The van der Waals surface area contributed by atoms with Crippen LogP contribution in [0.15, 0.2) is 40.9 Å². The Kier molecular flexibility index (Phi) is 6.49. The predicted octanol–water partition coefficient (Wildman–Crippen LogP) is 4.33. The number of carbonyl (C=O) groups is 1. The van der Waals surface area contributed by atoms with Gasteiger partial charge in [0.05, 0.1) is 22.2 Å². The summed E-state index contributed by atoms with van der Waals surface area (Å²) in [4.78, 5) is 19.2. The molecule has 0 aliphatic carbocycles. The zero-order chi connectivity index (χ0) is 21.0. The second-order valence-electron chi connectivity index (χ2n) is 6.74. The number of nitrogens with zero attached hydrogens (tertiary/aromatic N) is 4. The summed E-state index contributed by atoms with van der Waals surface area (Å²) in [6.45, 7) is 8.36. The van der Waals surface area contributed by atoms with Gasteiger partial charge in [0.2, 0.25) is 17.7 Å². The van der Waals surface area contributed by atoms with E-state index < -0.39 is 0 Å². The van der Waals surface area contributed by atoms with E-state index in [0.717, 1.165) is 5.56 Å². The number of halogens is 1. The predicted molar refractivity (Wildman–Crippen MR) is 110 cm³/mol. The number of hydrogen-bond acceptors (Lipinski definition) is 6. The average Bonchev–Trinajstić information content (AvgIpc) is 3.14. The molecule has 0 aliphatic heterocycles. The van der Waals surface area contributed by atoms with E-state index in [-0.39, 0.29) is 11.9 Å². The molecule has 8 heteroatoms. The highest BCUT2D eigenvalue weighted by Crippen LogP contribution is 2.26. The molecule has 2 heterocycles. The number of benzene rings is 1. The van der Waals surface area contributed by atoms with Gasteiger partial charge in [0.1, 0.15) is 6.61 Å². The highest BCUT2D eigenvalue weighted by Gasteiger charge is 2.25. The highest BCUT2D eigenvalue weighted by molar-refractivity contribution is 6.30. The summed E-state index contributed by atoms with van der Waals surface area (Å²) in [5.74, 6) is 1.12. The number of rotatable bonds is 7. The second-order valence-corrected chi connectivity index (χ2v) is 7.18. The van der Waals surface area contributed by atoms with Gasteiger partial charge in [-0.15, -0.1) is 10.2 Å². The molecule has 7 nitrogen and oxygen atoms in total. The fraction of sp³-hybridized carbons (Fsp3) is 0.333. The number of pyridine rings is 1. The largest absolute Gasteiger partial charge is 0.475 e. The van der Waals surface area contributed by atoms with Crippen molar-refractivity contribution in [3.63, 3.8) is 0 Å². The summed E-state index contributed by atoms with van der Waals surface area (Å²) in [5, 5.41) is 8.51. The van der Waals surface area contributed by atoms with E-state index in [1.165, 1.54) is 6.20 Å². The Labute approximate surface area is 174 Å². The number of aromatic nitrogens is 3. The number of carbonyl (C=O) groups excluding carboxylic acids is 1. The van der Waals surface area contributed by atoms with E-state index in [1.807, 2.05) is 32.9 Å². The lowest BCUT2D eigenvalue weighted by Gasteiger charge is -2.28. The monoisotopic (exact) mass is 414 g/mol. The van der Waals surface area contributed by atoms with Crippen LogP contribution >= 0.6 is 11.6 Å². The van der Waals surface area contributed by atoms with E-state index in [1.54, 1.807) is 30.0 Å². The molecule has 0 bridgehead atoms. The van der Waals surface area contributed by atoms with Gasteiger partial charge >= 0.3 is 0 Å². The van der Waals surface area contributed by atoms with Gasteiger partial charge < -0.3 is 14.1 Å². The quantitative estimate of drug-likeness (QED) is 0.572. The van der Waals surface area contributed by atoms with Crippen LogP contribution in [0, 0.1) is 13.8 Å². The molecule has 1 amide bonds. The van der Waals surface area contributed by atoms with Crippen LogP contribution in [0.4, 0.5) is 0 Å². The maximum Gasteiger partial charge on any atom is 0.255 e. The lowest BCUT2D eigenvalue weighted by atomic mass is 10.0. The van der Waals surface area contributed by atoms with E-state index in [9.17, 15) is 4.79 Å². The molecular formula is C21H23ClN4O3. The van der Waals surface area contributed by atoms with Crippen molar-refractivity contribution < 1.29 is 13.9 Å². The van der Waals surface area contributed by atoms with Gasteiger partial charge in [-0.3, -0.25) is 4.79 Å². The zero-order valence-corrected chi connectivity index (χ0v) is 17.6. The molecule has 3 aromatic rings. The lowest BCUT2D eigenvalue weighted by Crippen LogP contribution is -2.42. The average molecular weight is 415 g/mol. The van der Waals surface area contributed by atoms with Crippen LogP contribution in [0.5, 0.6) is 5.88 Å². The molecule has 1 aromatic carbocycles. The molecule has 0 spiro atoms. The molecule has 0 radical (unpaired) electrons. The third kappa shape index (κ3) is 4.92. The Morgan fingerprint density at radius 2 is 2.03 bits per heavy atom. The third-order valence-corrected chi connectivity index (χ3v) is 4.69. The second kappa shape index (κ2) is 9.05. The minimum absolute atomic E-state index is 0.126. The van der Waals surface area contributed by atoms with Gasteiger partial charge in [0.25, 0.3) is 5.91 Å². The first-order valence-electron chi connectivity index (χ1n) is 9.35. The molecule has 0 N–H and O–H groups in total. The van der Waals surface area contributed by atoms with E-state index >= 15 is 0 Å². The molecule has 0 saturated heterocycles. The molecule has 0 aliphatic rings. The lowest BCUT2D eigenvalue weighted by molar-refractivity contribution is 0.0647. The van der Waals surface area contributed by atoms with E-state index in [0.29, 0.717) is 47.0 Å². The van der Waals surface area contributed by atoms with Crippen molar-refractivity contribution in [3.8, 4) is 17.3 Å². The van der Waals surface area contributed by atoms with Gasteiger partial charge in [-0.2, -0.15) is 0 Å². The number of aryl methyl sites for hydroxylation is 2. The first-order chi connectivity index (χ1) is 13.9. The fourth-order valence-corrected chi connectivity index (χ4v) is 3.09. The Hall–Kier alpha value is -2.93. The first kappa shape index (κ1) is 20.8. The van der Waals surface area contributed by atoms with Crippen LogP contribution in [-0.4, -0.2) is 45.2 Å². The van der Waals surface area contributed by atoms with Gasteiger partial charge in [-0.05, 0) is 39.0 Å². The molecule has 0 unspecified atom stereocenters. The standard InChI is InChI=1S/C21H23ClN4O3/c1-5-26(14(3)12-28-19-9-7-16(22)11-23-19)21(27)17-8-6-13(2)10-18(17)20-25-24-15(4)29-20/h6-11,14H,5,12H2,1-4H3/t14-/m0/s1. The molecule has 2 aromatic heterocycles. The van der Waals surface area contributed by atoms with Crippen molar-refractivity contribution in [3.05, 3.63) is 58.6 Å². The Morgan fingerprint density at radius 1 is 1.24 bits per heavy atom. The first-order valence-corrected chi connectivity index (χ1v) is 9.73. The van der Waals surface area contributed by atoms with Crippen LogP contribution in [0.1, 0.15) is 35.7 Å².